The van der Waals surface area contributed by atoms with Crippen LogP contribution in [0.5, 0.6) is 0 Å². The second-order valence-corrected chi connectivity index (χ2v) is 1.64. The molecule has 0 unspecified atom stereocenters. The number of rotatable bonds is 1. The van der Waals surface area contributed by atoms with Gasteiger partial charge in [0.2, 0.25) is 0 Å². The van der Waals surface area contributed by atoms with Gasteiger partial charge in [0.15, 0.2) is 0 Å². The van der Waals surface area contributed by atoms with Crippen molar-refractivity contribution < 1.29 is 21.6 Å². The van der Waals surface area contributed by atoms with Gasteiger partial charge in [0.25, 0.3) is 5.57 Å². The zero-order valence-corrected chi connectivity index (χ0v) is 4.23. The first-order valence-corrected chi connectivity index (χ1v) is 2.50. The highest BCUT2D eigenvalue weighted by atomic mass is 31.2. The van der Waals surface area contributed by atoms with Gasteiger partial charge in [-0.15, -0.1) is 0 Å². The van der Waals surface area contributed by atoms with Gasteiger partial charge in [0.1, 0.15) is 0 Å². The third-order valence-electron chi connectivity index (χ3n) is 0.304. The molecule has 0 aliphatic carbocycles. The summed E-state index contributed by atoms with van der Waals surface area (Å²) in [5, 5.41) is 0. The molecule has 0 aromatic rings. The van der Waals surface area contributed by atoms with Gasteiger partial charge in [-0.25, -0.2) is 0 Å². The van der Waals surface area contributed by atoms with Gasteiger partial charge in [-0.3, -0.25) is 0 Å². The Bertz CT molecular complexity index is 103. The lowest BCUT2D eigenvalue weighted by molar-refractivity contribution is 0.390. The highest BCUT2D eigenvalue weighted by Gasteiger charge is 2.18. The van der Waals surface area contributed by atoms with Crippen molar-refractivity contribution in [3.63, 3.8) is 0 Å². The first-order valence-electron chi connectivity index (χ1n) is 1.38. The van der Waals surface area contributed by atoms with Gasteiger partial charge in [-0.2, -0.15) is 21.6 Å². The fourth-order valence-corrected chi connectivity index (χ4v) is 0.192. The standard InChI is InChI=1S/C2F5P/c3-1(4)2(5)8(6)7. The lowest BCUT2D eigenvalue weighted by Gasteiger charge is -1.86. The Labute approximate surface area is 43.0 Å². The molecule has 0 N–H and O–H groups in total. The van der Waals surface area contributed by atoms with Crippen LogP contribution >= 0.6 is 8.54 Å². The zero-order chi connectivity index (χ0) is 6.73. The van der Waals surface area contributed by atoms with E-state index in [1.54, 1.807) is 0 Å². The molecule has 0 spiro atoms. The van der Waals surface area contributed by atoms with Crippen molar-refractivity contribution in [2.45, 2.75) is 0 Å². The molecule has 0 aliphatic heterocycles. The predicted molar refractivity (Wildman–Crippen MR) is 19.5 cm³/mol. The van der Waals surface area contributed by atoms with E-state index in [4.69, 9.17) is 0 Å². The molecule has 0 heterocycles. The quantitative estimate of drug-likeness (QED) is 0.397. The Hall–Kier alpha value is -0.180. The first kappa shape index (κ1) is 7.82. The normalized spacial score (nSPS) is 9.75. The van der Waals surface area contributed by atoms with Crippen LogP contribution in [0.2, 0.25) is 0 Å². The molecule has 0 fully saturated rings. The molecule has 8 heavy (non-hydrogen) atoms. The van der Waals surface area contributed by atoms with E-state index in [1.165, 1.54) is 0 Å². The smallest absolute Gasteiger partial charge is 0.195 e. The Kier molecular flexibility index (Phi) is 2.90. The Morgan fingerprint density at radius 2 is 1.38 bits per heavy atom. The van der Waals surface area contributed by atoms with Crippen LogP contribution in [-0.4, -0.2) is 0 Å². The summed E-state index contributed by atoms with van der Waals surface area (Å²) in [4.78, 5) is 0. The van der Waals surface area contributed by atoms with E-state index in [0.29, 0.717) is 0 Å². The van der Waals surface area contributed by atoms with Crippen LogP contribution in [0.1, 0.15) is 0 Å². The maximum absolute atomic E-state index is 11.1. The molecule has 0 aromatic carbocycles. The minimum atomic E-state index is -4.24. The predicted octanol–water partition coefficient (Wildman–Crippen LogP) is 3.27. The van der Waals surface area contributed by atoms with Crippen molar-refractivity contribution in [3.8, 4) is 0 Å². The summed E-state index contributed by atoms with van der Waals surface area (Å²) in [7, 11) is -4.24. The van der Waals surface area contributed by atoms with E-state index in [0.717, 1.165) is 0 Å². The number of hydrogen-bond donors (Lipinski definition) is 0. The molecule has 0 nitrogen and oxygen atoms in total. The summed E-state index contributed by atoms with van der Waals surface area (Å²) in [6, 6.07) is 0. The maximum atomic E-state index is 11.1. The molecular formula is C2F5P. The molecule has 0 saturated carbocycles. The molecule has 0 bridgehead atoms. The summed E-state index contributed by atoms with van der Waals surface area (Å²) in [6.45, 7) is 0. The van der Waals surface area contributed by atoms with Crippen molar-refractivity contribution in [3.05, 3.63) is 11.6 Å². The molecule has 0 aliphatic rings. The molecule has 0 aromatic heterocycles. The van der Waals surface area contributed by atoms with Crippen LogP contribution in [0.3, 0.4) is 0 Å². The average Bonchev–Trinajstić information content (AvgIpc) is 1.64. The lowest BCUT2D eigenvalue weighted by atomic mass is 11.1. The molecule has 0 amide bonds. The molecule has 0 atom stereocenters. The third-order valence-corrected chi connectivity index (χ3v) is 0.770. The van der Waals surface area contributed by atoms with Gasteiger partial charge in [-0.05, 0) is 0 Å². The van der Waals surface area contributed by atoms with E-state index < -0.39 is 20.2 Å². The Morgan fingerprint density at radius 3 is 1.38 bits per heavy atom. The zero-order valence-electron chi connectivity index (χ0n) is 3.34. The minimum Gasteiger partial charge on any atom is -0.195 e. The van der Waals surface area contributed by atoms with Crippen molar-refractivity contribution in [1.82, 2.24) is 0 Å². The Balaban J connectivity index is 4.00. The fraction of sp³-hybridized carbons (Fsp3) is 0. The fourth-order valence-electron chi connectivity index (χ4n) is 0.0639. The van der Waals surface area contributed by atoms with Crippen molar-refractivity contribution in [1.29, 1.82) is 0 Å². The largest absolute Gasteiger partial charge is 0.332 e. The molecule has 0 radical (unpaired) electrons. The summed E-state index contributed by atoms with van der Waals surface area (Å²) in [6.07, 6.45) is -2.93. The van der Waals surface area contributed by atoms with Crippen LogP contribution in [0, 0.1) is 0 Å². The van der Waals surface area contributed by atoms with E-state index in [1.807, 2.05) is 0 Å². The van der Waals surface area contributed by atoms with Gasteiger partial charge < -0.3 is 0 Å². The minimum absolute atomic E-state index is 2.58. The van der Waals surface area contributed by atoms with E-state index >= 15 is 0 Å². The second kappa shape index (κ2) is 2.97. The van der Waals surface area contributed by atoms with Gasteiger partial charge in [-0.1, -0.05) is 0 Å². The van der Waals surface area contributed by atoms with Crippen LogP contribution in [-0.2, 0) is 0 Å². The topological polar surface area (TPSA) is 0 Å². The van der Waals surface area contributed by atoms with Gasteiger partial charge >= 0.3 is 14.6 Å². The second-order valence-electron chi connectivity index (χ2n) is 0.784. The SMILES string of the molecule is FC(F)=C(F)P(F)F. The summed E-state index contributed by atoms with van der Waals surface area (Å²) in [5.41, 5.74) is -2.58. The molecule has 0 saturated heterocycles. The van der Waals surface area contributed by atoms with Crippen LogP contribution in [0.4, 0.5) is 21.6 Å². The van der Waals surface area contributed by atoms with Crippen LogP contribution in [0.15, 0.2) is 11.6 Å². The third kappa shape index (κ3) is 2.21. The summed E-state index contributed by atoms with van der Waals surface area (Å²) in [5.74, 6) is 0. The van der Waals surface area contributed by atoms with Crippen LogP contribution < -0.4 is 0 Å². The molecule has 0 rings (SSSR count). The monoisotopic (exact) mass is 150 g/mol. The van der Waals surface area contributed by atoms with Crippen molar-refractivity contribution in [2.75, 3.05) is 0 Å². The molecule has 6 heteroatoms. The summed E-state index contributed by atoms with van der Waals surface area (Å²) < 4.78 is 54.2. The van der Waals surface area contributed by atoms with E-state index in [2.05, 4.69) is 0 Å². The van der Waals surface area contributed by atoms with Gasteiger partial charge in [0.05, 0.1) is 0 Å². The summed E-state index contributed by atoms with van der Waals surface area (Å²) >= 11 is 0. The lowest BCUT2D eigenvalue weighted by Crippen LogP contribution is -1.62. The number of halogens is 5. The molecular weight excluding hydrogens is 150 g/mol. The average molecular weight is 150 g/mol. The highest BCUT2D eigenvalue weighted by Crippen LogP contribution is 2.50. The van der Waals surface area contributed by atoms with Crippen molar-refractivity contribution >= 4 is 8.54 Å². The van der Waals surface area contributed by atoms with Crippen LogP contribution in [0.25, 0.3) is 0 Å². The van der Waals surface area contributed by atoms with Gasteiger partial charge in [0, 0.05) is 0 Å². The number of hydrogen-bond acceptors (Lipinski definition) is 0. The van der Waals surface area contributed by atoms with E-state index in [-0.39, 0.29) is 0 Å². The Morgan fingerprint density at radius 1 is 1.00 bits per heavy atom. The highest BCUT2D eigenvalue weighted by molar-refractivity contribution is 7.50. The maximum Gasteiger partial charge on any atom is 0.332 e. The van der Waals surface area contributed by atoms with E-state index in [9.17, 15) is 21.6 Å². The first-order chi connectivity index (χ1) is 3.55. The van der Waals surface area contributed by atoms with Crippen molar-refractivity contribution in [2.24, 2.45) is 0 Å². The molecule has 48 valence electrons.